The summed E-state index contributed by atoms with van der Waals surface area (Å²) in [6.07, 6.45) is 1.82. The summed E-state index contributed by atoms with van der Waals surface area (Å²) in [6.45, 7) is 5.05. The van der Waals surface area contributed by atoms with Crippen LogP contribution in [-0.2, 0) is 9.53 Å². The number of carboxylic acid groups (broad SMARTS) is 1. The maximum absolute atomic E-state index is 12.0. The van der Waals surface area contributed by atoms with Gasteiger partial charge in [0.25, 0.3) is 0 Å². The smallest absolute Gasteiger partial charge is 0.317 e. The Balaban J connectivity index is 2.54. The number of aliphatic carboxylic acids is 1. The summed E-state index contributed by atoms with van der Waals surface area (Å²) in [5.74, 6) is -0.857. The SMILES string of the molecule is CCC(CC)(CNC(=O)N(C)C1CCOC1)C(=O)O. The minimum Gasteiger partial charge on any atom is -0.481 e. The number of urea groups is 1. The van der Waals surface area contributed by atoms with E-state index in [9.17, 15) is 14.7 Å². The van der Waals surface area contributed by atoms with Crippen LogP contribution in [0.2, 0.25) is 0 Å². The molecule has 1 unspecified atom stereocenters. The fraction of sp³-hybridized carbons (Fsp3) is 0.846. The Labute approximate surface area is 114 Å². The van der Waals surface area contributed by atoms with Crippen LogP contribution in [0.4, 0.5) is 4.79 Å². The van der Waals surface area contributed by atoms with Gasteiger partial charge in [0.2, 0.25) is 0 Å². The van der Waals surface area contributed by atoms with E-state index in [2.05, 4.69) is 5.32 Å². The Kier molecular flexibility index (Phi) is 5.60. The van der Waals surface area contributed by atoms with Gasteiger partial charge in [0.1, 0.15) is 0 Å². The van der Waals surface area contributed by atoms with Gasteiger partial charge in [-0.15, -0.1) is 0 Å². The van der Waals surface area contributed by atoms with Crippen molar-refractivity contribution >= 4 is 12.0 Å². The molecule has 1 saturated heterocycles. The third-order valence-corrected chi connectivity index (χ3v) is 4.16. The lowest BCUT2D eigenvalue weighted by atomic mass is 9.82. The van der Waals surface area contributed by atoms with Crippen molar-refractivity contribution in [1.82, 2.24) is 10.2 Å². The standard InChI is InChI=1S/C13H24N2O4/c1-4-13(5-2,11(16)17)9-14-12(18)15(3)10-6-7-19-8-10/h10H,4-9H2,1-3H3,(H,14,18)(H,16,17). The number of amides is 2. The Morgan fingerprint density at radius 1 is 1.42 bits per heavy atom. The van der Waals surface area contributed by atoms with E-state index in [0.29, 0.717) is 26.1 Å². The van der Waals surface area contributed by atoms with Crippen molar-refractivity contribution in [2.24, 2.45) is 5.41 Å². The first-order chi connectivity index (χ1) is 8.96. The second-order valence-electron chi connectivity index (χ2n) is 5.08. The maximum Gasteiger partial charge on any atom is 0.317 e. The molecule has 0 saturated carbocycles. The Morgan fingerprint density at radius 3 is 2.47 bits per heavy atom. The van der Waals surface area contributed by atoms with Gasteiger partial charge in [-0.1, -0.05) is 13.8 Å². The molecule has 6 heteroatoms. The lowest BCUT2D eigenvalue weighted by molar-refractivity contribution is -0.149. The van der Waals surface area contributed by atoms with Crippen LogP contribution in [0.15, 0.2) is 0 Å². The molecule has 0 spiro atoms. The minimum absolute atomic E-state index is 0.0856. The average Bonchev–Trinajstić information content (AvgIpc) is 2.92. The number of ether oxygens (including phenoxy) is 1. The van der Waals surface area contributed by atoms with Gasteiger partial charge in [0, 0.05) is 20.2 Å². The van der Waals surface area contributed by atoms with E-state index in [4.69, 9.17) is 4.74 Å². The number of carbonyl (C=O) groups excluding carboxylic acids is 1. The number of likely N-dealkylation sites (N-methyl/N-ethyl adjacent to an activating group) is 1. The van der Waals surface area contributed by atoms with Crippen LogP contribution < -0.4 is 5.32 Å². The molecular weight excluding hydrogens is 248 g/mol. The summed E-state index contributed by atoms with van der Waals surface area (Å²) in [4.78, 5) is 24.9. The molecule has 0 bridgehead atoms. The zero-order valence-corrected chi connectivity index (χ0v) is 11.9. The third kappa shape index (κ3) is 3.59. The van der Waals surface area contributed by atoms with Gasteiger partial charge in [-0.25, -0.2) is 4.79 Å². The van der Waals surface area contributed by atoms with Crippen LogP contribution in [0.25, 0.3) is 0 Å². The summed E-state index contributed by atoms with van der Waals surface area (Å²) in [7, 11) is 1.72. The highest BCUT2D eigenvalue weighted by molar-refractivity contribution is 5.78. The van der Waals surface area contributed by atoms with Crippen LogP contribution in [0, 0.1) is 5.41 Å². The minimum atomic E-state index is -0.872. The molecule has 1 atom stereocenters. The number of carboxylic acids is 1. The van der Waals surface area contributed by atoms with Crippen molar-refractivity contribution in [3.05, 3.63) is 0 Å². The summed E-state index contributed by atoms with van der Waals surface area (Å²) < 4.78 is 5.24. The Bertz CT molecular complexity index is 323. The van der Waals surface area contributed by atoms with Gasteiger partial charge in [0.05, 0.1) is 18.1 Å². The van der Waals surface area contributed by atoms with E-state index in [0.717, 1.165) is 6.42 Å². The number of carbonyl (C=O) groups is 2. The maximum atomic E-state index is 12.0. The third-order valence-electron chi connectivity index (χ3n) is 4.16. The molecule has 1 rings (SSSR count). The molecule has 1 aliphatic rings. The van der Waals surface area contributed by atoms with E-state index in [1.165, 1.54) is 0 Å². The molecular formula is C13H24N2O4. The number of hydrogen-bond acceptors (Lipinski definition) is 3. The molecule has 0 aromatic rings. The molecule has 0 aliphatic carbocycles. The van der Waals surface area contributed by atoms with Crippen molar-refractivity contribution in [3.8, 4) is 0 Å². The first-order valence-corrected chi connectivity index (χ1v) is 6.78. The topological polar surface area (TPSA) is 78.9 Å². The fourth-order valence-corrected chi connectivity index (χ4v) is 2.24. The lowest BCUT2D eigenvalue weighted by Crippen LogP contribution is -2.49. The number of rotatable bonds is 6. The predicted octanol–water partition coefficient (Wildman–Crippen LogP) is 1.31. The van der Waals surface area contributed by atoms with Crippen LogP contribution in [-0.4, -0.2) is 54.9 Å². The monoisotopic (exact) mass is 272 g/mol. The van der Waals surface area contributed by atoms with Gasteiger partial charge in [0.15, 0.2) is 0 Å². The highest BCUT2D eigenvalue weighted by Gasteiger charge is 2.36. The van der Waals surface area contributed by atoms with Gasteiger partial charge >= 0.3 is 12.0 Å². The van der Waals surface area contributed by atoms with Crippen LogP contribution in [0.1, 0.15) is 33.1 Å². The molecule has 1 heterocycles. The summed E-state index contributed by atoms with van der Waals surface area (Å²) >= 11 is 0. The summed E-state index contributed by atoms with van der Waals surface area (Å²) in [5.41, 5.74) is -0.872. The number of nitrogens with zero attached hydrogens (tertiary/aromatic N) is 1. The van der Waals surface area contributed by atoms with Gasteiger partial charge in [-0.3, -0.25) is 4.79 Å². The second kappa shape index (κ2) is 6.75. The molecule has 0 aromatic carbocycles. The molecule has 1 aliphatic heterocycles. The van der Waals surface area contributed by atoms with Crippen molar-refractivity contribution in [2.45, 2.75) is 39.2 Å². The zero-order valence-electron chi connectivity index (χ0n) is 11.9. The first kappa shape index (κ1) is 15.8. The Hall–Kier alpha value is -1.30. The summed E-state index contributed by atoms with van der Waals surface area (Å²) in [6, 6.07) is -0.148. The van der Waals surface area contributed by atoms with E-state index in [-0.39, 0.29) is 18.6 Å². The van der Waals surface area contributed by atoms with E-state index >= 15 is 0 Å². The van der Waals surface area contributed by atoms with Gasteiger partial charge in [-0.2, -0.15) is 0 Å². The molecule has 1 fully saturated rings. The largest absolute Gasteiger partial charge is 0.481 e. The number of hydrogen-bond donors (Lipinski definition) is 2. The molecule has 6 nitrogen and oxygen atoms in total. The first-order valence-electron chi connectivity index (χ1n) is 6.78. The Morgan fingerprint density at radius 2 is 2.05 bits per heavy atom. The van der Waals surface area contributed by atoms with Crippen LogP contribution in [0.5, 0.6) is 0 Å². The van der Waals surface area contributed by atoms with E-state index in [1.54, 1.807) is 11.9 Å². The molecule has 2 N–H and O–H groups in total. The van der Waals surface area contributed by atoms with Crippen molar-refractivity contribution < 1.29 is 19.4 Å². The second-order valence-corrected chi connectivity index (χ2v) is 5.08. The molecule has 0 radical (unpaired) electrons. The number of nitrogens with one attached hydrogen (secondary N) is 1. The van der Waals surface area contributed by atoms with Crippen LogP contribution in [0.3, 0.4) is 0 Å². The fourth-order valence-electron chi connectivity index (χ4n) is 2.24. The molecule has 2 amide bonds. The quantitative estimate of drug-likeness (QED) is 0.764. The molecule has 110 valence electrons. The van der Waals surface area contributed by atoms with E-state index < -0.39 is 11.4 Å². The van der Waals surface area contributed by atoms with Crippen molar-refractivity contribution in [3.63, 3.8) is 0 Å². The predicted molar refractivity (Wildman–Crippen MR) is 71.0 cm³/mol. The zero-order chi connectivity index (χ0) is 14.5. The highest BCUT2D eigenvalue weighted by Crippen LogP contribution is 2.25. The van der Waals surface area contributed by atoms with Crippen molar-refractivity contribution in [1.29, 1.82) is 0 Å². The van der Waals surface area contributed by atoms with Crippen LogP contribution >= 0.6 is 0 Å². The molecule has 0 aromatic heterocycles. The molecule has 19 heavy (non-hydrogen) atoms. The van der Waals surface area contributed by atoms with Gasteiger partial charge in [-0.05, 0) is 19.3 Å². The van der Waals surface area contributed by atoms with Gasteiger partial charge < -0.3 is 20.1 Å². The lowest BCUT2D eigenvalue weighted by Gasteiger charge is -2.29. The normalized spacial score (nSPS) is 19.2. The highest BCUT2D eigenvalue weighted by atomic mass is 16.5. The van der Waals surface area contributed by atoms with E-state index in [1.807, 2.05) is 13.8 Å². The summed E-state index contributed by atoms with van der Waals surface area (Å²) in [5, 5.41) is 12.0. The van der Waals surface area contributed by atoms with Crippen molar-refractivity contribution in [2.75, 3.05) is 26.8 Å². The average molecular weight is 272 g/mol.